The van der Waals surface area contributed by atoms with Crippen LogP contribution < -0.4 is 5.32 Å². The third kappa shape index (κ3) is 0.858. The Balaban J connectivity index is 0.000000605. The Bertz CT molecular complexity index is 189. The summed E-state index contributed by atoms with van der Waals surface area (Å²) in [7, 11) is 0. The number of piperidine rings is 1. The highest BCUT2D eigenvalue weighted by atomic mass is 35.5. The van der Waals surface area contributed by atoms with E-state index in [9.17, 15) is 9.18 Å². The first-order valence-corrected chi connectivity index (χ1v) is 3.30. The number of hydrogen-bond acceptors (Lipinski definition) is 2. The van der Waals surface area contributed by atoms with Gasteiger partial charge in [-0.3, -0.25) is 0 Å². The van der Waals surface area contributed by atoms with Crippen molar-refractivity contribution in [2.24, 2.45) is 11.8 Å². The third-order valence-corrected chi connectivity index (χ3v) is 2.51. The van der Waals surface area contributed by atoms with E-state index in [4.69, 9.17) is 5.11 Å². The number of carboxylic acid groups (broad SMARTS) is 1. The summed E-state index contributed by atoms with van der Waals surface area (Å²) in [6, 6.07) is 0. The van der Waals surface area contributed by atoms with Crippen LogP contribution in [-0.2, 0) is 4.79 Å². The van der Waals surface area contributed by atoms with Gasteiger partial charge in [-0.15, -0.1) is 12.4 Å². The van der Waals surface area contributed by atoms with Gasteiger partial charge >= 0.3 is 5.97 Å². The molecule has 1 aliphatic heterocycles. The Morgan fingerprint density at radius 1 is 1.55 bits per heavy atom. The number of alkyl halides is 1. The molecule has 0 aromatic rings. The van der Waals surface area contributed by atoms with Crippen LogP contribution in [0.25, 0.3) is 0 Å². The lowest BCUT2D eigenvalue weighted by atomic mass is 10.2. The lowest BCUT2D eigenvalue weighted by Crippen LogP contribution is -2.30. The maximum Gasteiger partial charge on any atom is 0.342 e. The first-order chi connectivity index (χ1) is 4.67. The van der Waals surface area contributed by atoms with E-state index in [0.717, 1.165) is 0 Å². The van der Waals surface area contributed by atoms with Gasteiger partial charge in [-0.25, -0.2) is 9.18 Å². The maximum atomic E-state index is 13.1. The SMILES string of the molecule is Cl.O=C(O)C1(F)C2CNCC21. The quantitative estimate of drug-likeness (QED) is 0.601. The fraction of sp³-hybridized carbons (Fsp3) is 0.833. The lowest BCUT2D eigenvalue weighted by molar-refractivity contribution is -0.146. The highest BCUT2D eigenvalue weighted by Crippen LogP contribution is 2.55. The van der Waals surface area contributed by atoms with Crippen LogP contribution >= 0.6 is 12.4 Å². The summed E-state index contributed by atoms with van der Waals surface area (Å²) in [6.45, 7) is 1.04. The number of hydrogen-bond donors (Lipinski definition) is 2. The van der Waals surface area contributed by atoms with Gasteiger partial charge in [-0.1, -0.05) is 0 Å². The summed E-state index contributed by atoms with van der Waals surface area (Å²) in [5.74, 6) is -1.81. The molecule has 64 valence electrons. The summed E-state index contributed by atoms with van der Waals surface area (Å²) >= 11 is 0. The Morgan fingerprint density at radius 2 is 2.00 bits per heavy atom. The number of aliphatic carboxylic acids is 1. The van der Waals surface area contributed by atoms with E-state index in [0.29, 0.717) is 13.1 Å². The highest BCUT2D eigenvalue weighted by Gasteiger charge is 2.73. The van der Waals surface area contributed by atoms with E-state index in [1.54, 1.807) is 0 Å². The van der Waals surface area contributed by atoms with Gasteiger partial charge in [0.25, 0.3) is 0 Å². The second kappa shape index (κ2) is 2.32. The molecule has 0 radical (unpaired) electrons. The molecule has 2 N–H and O–H groups in total. The standard InChI is InChI=1S/C6H8FNO2.ClH/c7-6(5(9)10)3-1-8-2-4(3)6;/h3-4,8H,1-2H2,(H,9,10);1H. The molecule has 2 unspecified atom stereocenters. The minimum absolute atomic E-state index is 0. The van der Waals surface area contributed by atoms with E-state index >= 15 is 0 Å². The molecule has 0 bridgehead atoms. The number of fused-ring (bicyclic) bond motifs is 1. The molecule has 0 spiro atoms. The monoisotopic (exact) mass is 181 g/mol. The summed E-state index contributed by atoms with van der Waals surface area (Å²) in [5, 5.41) is 11.3. The van der Waals surface area contributed by atoms with Crippen molar-refractivity contribution < 1.29 is 14.3 Å². The predicted octanol–water partition coefficient (Wildman–Crippen LogP) is 0.0503. The normalized spacial score (nSPS) is 45.9. The van der Waals surface area contributed by atoms with Crippen molar-refractivity contribution in [2.45, 2.75) is 5.67 Å². The molecule has 0 aromatic carbocycles. The smallest absolute Gasteiger partial charge is 0.342 e. The molecule has 11 heavy (non-hydrogen) atoms. The van der Waals surface area contributed by atoms with Crippen LogP contribution in [0.5, 0.6) is 0 Å². The van der Waals surface area contributed by atoms with Crippen LogP contribution in [0.1, 0.15) is 0 Å². The Morgan fingerprint density at radius 3 is 2.27 bits per heavy atom. The van der Waals surface area contributed by atoms with Crippen molar-refractivity contribution in [3.8, 4) is 0 Å². The largest absolute Gasteiger partial charge is 0.479 e. The number of carboxylic acids is 1. The highest BCUT2D eigenvalue weighted by molar-refractivity contribution is 5.85. The number of nitrogens with one attached hydrogen (secondary N) is 1. The van der Waals surface area contributed by atoms with Crippen LogP contribution in [0.3, 0.4) is 0 Å². The van der Waals surface area contributed by atoms with Crippen LogP contribution in [0, 0.1) is 11.8 Å². The van der Waals surface area contributed by atoms with Crippen molar-refractivity contribution in [1.29, 1.82) is 0 Å². The predicted molar refractivity (Wildman–Crippen MR) is 38.6 cm³/mol. The van der Waals surface area contributed by atoms with Crippen LogP contribution in [-0.4, -0.2) is 29.8 Å². The summed E-state index contributed by atoms with van der Waals surface area (Å²) in [6.07, 6.45) is 0. The second-order valence-corrected chi connectivity index (χ2v) is 2.94. The zero-order valence-electron chi connectivity index (χ0n) is 5.71. The maximum absolute atomic E-state index is 13.1. The molecular weight excluding hydrogens is 173 g/mol. The zero-order chi connectivity index (χ0) is 7.35. The van der Waals surface area contributed by atoms with Crippen molar-refractivity contribution >= 4 is 18.4 Å². The van der Waals surface area contributed by atoms with Crippen LogP contribution in [0.2, 0.25) is 0 Å². The molecule has 5 heteroatoms. The van der Waals surface area contributed by atoms with Crippen molar-refractivity contribution in [3.63, 3.8) is 0 Å². The lowest BCUT2D eigenvalue weighted by Gasteiger charge is -2.04. The first kappa shape index (κ1) is 8.74. The minimum atomic E-state index is -1.88. The van der Waals surface area contributed by atoms with E-state index in [1.165, 1.54) is 0 Å². The fourth-order valence-corrected chi connectivity index (χ4v) is 1.79. The second-order valence-electron chi connectivity index (χ2n) is 2.94. The van der Waals surface area contributed by atoms with Gasteiger partial charge in [0.1, 0.15) is 0 Å². The average Bonchev–Trinajstić information content (AvgIpc) is 2.28. The molecule has 0 aromatic heterocycles. The van der Waals surface area contributed by atoms with Gasteiger partial charge in [0, 0.05) is 24.9 Å². The van der Waals surface area contributed by atoms with E-state index in [2.05, 4.69) is 5.32 Å². The van der Waals surface area contributed by atoms with Crippen LogP contribution in [0.15, 0.2) is 0 Å². The molecule has 1 heterocycles. The summed E-state index contributed by atoms with van der Waals surface area (Å²) in [5.41, 5.74) is -1.88. The first-order valence-electron chi connectivity index (χ1n) is 3.30. The van der Waals surface area contributed by atoms with Gasteiger partial charge in [-0.2, -0.15) is 0 Å². The van der Waals surface area contributed by atoms with E-state index in [-0.39, 0.29) is 24.2 Å². The Labute approximate surface area is 69.4 Å². The molecule has 2 rings (SSSR count). The van der Waals surface area contributed by atoms with Crippen molar-refractivity contribution in [1.82, 2.24) is 5.32 Å². The summed E-state index contributed by atoms with van der Waals surface area (Å²) in [4.78, 5) is 10.3. The molecule has 1 aliphatic carbocycles. The number of halogens is 2. The molecule has 1 saturated heterocycles. The van der Waals surface area contributed by atoms with Gasteiger partial charge in [0.05, 0.1) is 0 Å². The Hall–Kier alpha value is -0.350. The molecule has 1 saturated carbocycles. The molecule has 2 atom stereocenters. The molecular formula is C6H9ClFNO2. The van der Waals surface area contributed by atoms with Gasteiger partial charge in [0.15, 0.2) is 0 Å². The van der Waals surface area contributed by atoms with Gasteiger partial charge in [-0.05, 0) is 0 Å². The van der Waals surface area contributed by atoms with Gasteiger partial charge in [0.2, 0.25) is 5.67 Å². The fourth-order valence-electron chi connectivity index (χ4n) is 1.79. The molecule has 3 nitrogen and oxygen atoms in total. The zero-order valence-corrected chi connectivity index (χ0v) is 6.53. The third-order valence-electron chi connectivity index (χ3n) is 2.51. The topological polar surface area (TPSA) is 49.3 Å². The van der Waals surface area contributed by atoms with E-state index in [1.807, 2.05) is 0 Å². The summed E-state index contributed by atoms with van der Waals surface area (Å²) < 4.78 is 13.1. The molecule has 2 fully saturated rings. The minimum Gasteiger partial charge on any atom is -0.479 e. The van der Waals surface area contributed by atoms with Crippen molar-refractivity contribution in [2.75, 3.05) is 13.1 Å². The van der Waals surface area contributed by atoms with Crippen LogP contribution in [0.4, 0.5) is 4.39 Å². The molecule has 0 amide bonds. The van der Waals surface area contributed by atoms with Crippen molar-refractivity contribution in [3.05, 3.63) is 0 Å². The molecule has 2 aliphatic rings. The average molecular weight is 182 g/mol. The van der Waals surface area contributed by atoms with Gasteiger partial charge < -0.3 is 10.4 Å². The number of carbonyl (C=O) groups is 1. The number of rotatable bonds is 1. The van der Waals surface area contributed by atoms with E-state index < -0.39 is 11.6 Å². The Kier molecular flexibility index (Phi) is 1.84.